The lowest BCUT2D eigenvalue weighted by Crippen LogP contribution is -2.06. The van der Waals surface area contributed by atoms with Crippen molar-refractivity contribution in [2.45, 2.75) is 19.4 Å². The number of nitriles is 1. The van der Waals surface area contributed by atoms with Gasteiger partial charge in [0.05, 0.1) is 0 Å². The summed E-state index contributed by atoms with van der Waals surface area (Å²) in [5, 5.41) is 8.74. The van der Waals surface area contributed by atoms with Crippen LogP contribution in [0.1, 0.15) is 23.2 Å². The lowest BCUT2D eigenvalue weighted by atomic mass is 10.1. The molecule has 106 valence electrons. The molecule has 2 rings (SSSR count). The molecule has 0 atom stereocenters. The van der Waals surface area contributed by atoms with Crippen LogP contribution in [0.15, 0.2) is 42.6 Å². The van der Waals surface area contributed by atoms with Crippen LogP contribution < -0.4 is 5.73 Å². The van der Waals surface area contributed by atoms with Crippen LogP contribution in [0.4, 0.5) is 5.69 Å². The number of aromatic nitrogens is 1. The van der Waals surface area contributed by atoms with E-state index >= 15 is 0 Å². The number of carbonyl (C=O) groups is 1. The molecule has 1 aromatic carbocycles. The van der Waals surface area contributed by atoms with Crippen LogP contribution in [0.3, 0.4) is 0 Å². The van der Waals surface area contributed by atoms with Crippen molar-refractivity contribution in [2.24, 2.45) is 0 Å². The Morgan fingerprint density at radius 3 is 2.71 bits per heavy atom. The van der Waals surface area contributed by atoms with Gasteiger partial charge >= 0.3 is 5.97 Å². The second-order valence-corrected chi connectivity index (χ2v) is 4.56. The molecule has 0 saturated heterocycles. The van der Waals surface area contributed by atoms with E-state index in [0.29, 0.717) is 24.2 Å². The molecule has 0 saturated carbocycles. The van der Waals surface area contributed by atoms with E-state index in [1.807, 2.05) is 18.2 Å². The molecule has 0 fully saturated rings. The first-order chi connectivity index (χ1) is 10.2. The Bertz CT molecular complexity index is 660. The second-order valence-electron chi connectivity index (χ2n) is 4.56. The largest absolute Gasteiger partial charge is 0.461 e. The molecule has 0 aliphatic heterocycles. The summed E-state index contributed by atoms with van der Waals surface area (Å²) in [6.07, 6.45) is 2.44. The summed E-state index contributed by atoms with van der Waals surface area (Å²) in [6.45, 7) is 0.151. The van der Waals surface area contributed by atoms with Crippen molar-refractivity contribution in [1.82, 2.24) is 4.98 Å². The lowest BCUT2D eigenvalue weighted by Gasteiger charge is -2.05. The average molecular weight is 281 g/mol. The molecule has 2 N–H and O–H groups in total. The number of nitrogens with zero attached hydrogens (tertiary/aromatic N) is 2. The van der Waals surface area contributed by atoms with Gasteiger partial charge in [-0.3, -0.25) is 4.79 Å². The molecule has 0 amide bonds. The molecule has 0 spiro atoms. The molecular formula is C16H15N3O2. The molecule has 1 aromatic heterocycles. The van der Waals surface area contributed by atoms with Gasteiger partial charge in [0.2, 0.25) is 0 Å². The van der Waals surface area contributed by atoms with Crippen molar-refractivity contribution in [3.63, 3.8) is 0 Å². The number of pyridine rings is 1. The van der Waals surface area contributed by atoms with E-state index in [0.717, 1.165) is 11.1 Å². The number of nitrogen functional groups attached to an aromatic ring is 1. The van der Waals surface area contributed by atoms with Crippen LogP contribution in [0.5, 0.6) is 0 Å². The van der Waals surface area contributed by atoms with Crippen LogP contribution in [0.25, 0.3) is 0 Å². The van der Waals surface area contributed by atoms with Crippen molar-refractivity contribution < 1.29 is 9.53 Å². The number of rotatable bonds is 5. The van der Waals surface area contributed by atoms with Crippen LogP contribution in [-0.4, -0.2) is 11.0 Å². The third kappa shape index (κ3) is 4.62. The number of hydrogen-bond donors (Lipinski definition) is 1. The highest BCUT2D eigenvalue weighted by molar-refractivity contribution is 5.69. The maximum absolute atomic E-state index is 11.7. The summed E-state index contributed by atoms with van der Waals surface area (Å²) < 4.78 is 5.17. The molecule has 0 radical (unpaired) electrons. The highest BCUT2D eigenvalue weighted by Crippen LogP contribution is 2.09. The second kappa shape index (κ2) is 7.06. The van der Waals surface area contributed by atoms with E-state index in [4.69, 9.17) is 15.7 Å². The minimum atomic E-state index is -0.276. The monoisotopic (exact) mass is 281 g/mol. The van der Waals surface area contributed by atoms with Crippen LogP contribution in [0, 0.1) is 11.3 Å². The summed E-state index contributed by atoms with van der Waals surface area (Å²) in [5.41, 5.74) is 8.40. The van der Waals surface area contributed by atoms with E-state index in [-0.39, 0.29) is 12.6 Å². The van der Waals surface area contributed by atoms with E-state index in [9.17, 15) is 4.79 Å². The van der Waals surface area contributed by atoms with E-state index in [1.165, 1.54) is 6.20 Å². The van der Waals surface area contributed by atoms with Gasteiger partial charge in [0.1, 0.15) is 18.4 Å². The SMILES string of the molecule is N#Cc1cc(COC(=O)CCc2ccc(N)cc2)ccn1. The fourth-order valence-corrected chi connectivity index (χ4v) is 1.79. The Morgan fingerprint density at radius 2 is 2.00 bits per heavy atom. The third-order valence-electron chi connectivity index (χ3n) is 2.94. The number of hydrogen-bond acceptors (Lipinski definition) is 5. The average Bonchev–Trinajstić information content (AvgIpc) is 2.52. The van der Waals surface area contributed by atoms with Gasteiger partial charge in [-0.05, 0) is 41.8 Å². The maximum Gasteiger partial charge on any atom is 0.306 e. The quantitative estimate of drug-likeness (QED) is 0.670. The summed E-state index contributed by atoms with van der Waals surface area (Å²) in [7, 11) is 0. The van der Waals surface area contributed by atoms with Crippen molar-refractivity contribution in [1.29, 1.82) is 5.26 Å². The number of benzene rings is 1. The van der Waals surface area contributed by atoms with E-state index < -0.39 is 0 Å². The third-order valence-corrected chi connectivity index (χ3v) is 2.94. The van der Waals surface area contributed by atoms with Gasteiger partial charge in [-0.15, -0.1) is 0 Å². The minimum Gasteiger partial charge on any atom is -0.461 e. The van der Waals surface area contributed by atoms with E-state index in [2.05, 4.69) is 4.98 Å². The number of esters is 1. The molecular weight excluding hydrogens is 266 g/mol. The Morgan fingerprint density at radius 1 is 1.24 bits per heavy atom. The van der Waals surface area contributed by atoms with Gasteiger partial charge in [-0.1, -0.05) is 12.1 Å². The van der Waals surface area contributed by atoms with Crippen molar-refractivity contribution in [2.75, 3.05) is 5.73 Å². The summed E-state index contributed by atoms with van der Waals surface area (Å²) in [4.78, 5) is 15.5. The smallest absolute Gasteiger partial charge is 0.306 e. The predicted octanol–water partition coefficient (Wildman–Crippen LogP) is 2.21. The number of aryl methyl sites for hydroxylation is 1. The van der Waals surface area contributed by atoms with Crippen LogP contribution >= 0.6 is 0 Å². The van der Waals surface area contributed by atoms with Gasteiger partial charge < -0.3 is 10.5 Å². The predicted molar refractivity (Wildman–Crippen MR) is 77.9 cm³/mol. The van der Waals surface area contributed by atoms with E-state index in [1.54, 1.807) is 24.3 Å². The van der Waals surface area contributed by atoms with Gasteiger partial charge in [0.15, 0.2) is 0 Å². The topological polar surface area (TPSA) is 89.0 Å². The van der Waals surface area contributed by atoms with Crippen LogP contribution in [0.2, 0.25) is 0 Å². The summed E-state index contributed by atoms with van der Waals surface area (Å²) in [6, 6.07) is 12.7. The van der Waals surface area contributed by atoms with Gasteiger partial charge in [-0.25, -0.2) is 4.98 Å². The van der Waals surface area contributed by atoms with Crippen molar-refractivity contribution in [3.8, 4) is 6.07 Å². The normalized spacial score (nSPS) is 9.86. The molecule has 1 heterocycles. The van der Waals surface area contributed by atoms with Crippen LogP contribution in [-0.2, 0) is 22.6 Å². The van der Waals surface area contributed by atoms with Crippen molar-refractivity contribution in [3.05, 3.63) is 59.4 Å². The molecule has 5 heteroatoms. The Labute approximate surface area is 123 Å². The standard InChI is InChI=1S/C16H15N3O2/c17-10-15-9-13(7-8-19-15)11-21-16(20)6-3-12-1-4-14(18)5-2-12/h1-2,4-5,7-9H,3,6,11,18H2. The fraction of sp³-hybridized carbons (Fsp3) is 0.188. The van der Waals surface area contributed by atoms with Gasteiger partial charge in [0, 0.05) is 18.3 Å². The first-order valence-corrected chi connectivity index (χ1v) is 6.52. The zero-order valence-electron chi connectivity index (χ0n) is 11.5. The first kappa shape index (κ1) is 14.5. The number of nitrogens with two attached hydrogens (primary N) is 1. The zero-order chi connectivity index (χ0) is 15.1. The maximum atomic E-state index is 11.7. The van der Waals surface area contributed by atoms with Crippen molar-refractivity contribution >= 4 is 11.7 Å². The number of ether oxygens (including phenoxy) is 1. The Hall–Kier alpha value is -2.87. The Balaban J connectivity index is 1.79. The molecule has 0 aliphatic rings. The molecule has 0 bridgehead atoms. The summed E-state index contributed by atoms with van der Waals surface area (Å²) >= 11 is 0. The molecule has 0 aliphatic carbocycles. The first-order valence-electron chi connectivity index (χ1n) is 6.52. The summed E-state index contributed by atoms with van der Waals surface area (Å²) in [5.74, 6) is -0.276. The lowest BCUT2D eigenvalue weighted by molar-refractivity contribution is -0.144. The van der Waals surface area contributed by atoms with Gasteiger partial charge in [0.25, 0.3) is 0 Å². The number of anilines is 1. The molecule has 5 nitrogen and oxygen atoms in total. The molecule has 21 heavy (non-hydrogen) atoms. The number of carbonyl (C=O) groups excluding carboxylic acids is 1. The zero-order valence-corrected chi connectivity index (χ0v) is 11.5. The molecule has 0 unspecified atom stereocenters. The fourth-order valence-electron chi connectivity index (χ4n) is 1.79. The molecule has 2 aromatic rings. The Kier molecular flexibility index (Phi) is 4.89. The highest BCUT2D eigenvalue weighted by atomic mass is 16.5. The van der Waals surface area contributed by atoms with Gasteiger partial charge in [-0.2, -0.15) is 5.26 Å². The highest BCUT2D eigenvalue weighted by Gasteiger charge is 2.05. The minimum absolute atomic E-state index is 0.151.